The van der Waals surface area contributed by atoms with Crippen LogP contribution in [-0.4, -0.2) is 58.8 Å². The lowest BCUT2D eigenvalue weighted by Crippen LogP contribution is -2.39. The summed E-state index contributed by atoms with van der Waals surface area (Å²) < 4.78 is 58.0. The molecule has 258 valence electrons. The molecule has 0 bridgehead atoms. The number of aromatic nitrogens is 2. The molecular weight excluding hydrogens is 625 g/mol. The SMILES string of the molecule is COc1ccc(CC(C)(C)C(=O)OC(C)(C)C)cc1-c1cnc(N2CCC2)nc1CN1C(=O)O[C@H](c2cc(C)cc(C(F)(F)F)c2)[C@@H]1C. The maximum absolute atomic E-state index is 13.6. The number of alkyl halides is 3. The number of amides is 1. The molecule has 0 aliphatic carbocycles. The fraction of sp³-hybridized carbons (Fsp3) is 0.500. The lowest BCUT2D eigenvalue weighted by atomic mass is 9.84. The summed E-state index contributed by atoms with van der Waals surface area (Å²) in [5.74, 6) is 0.749. The Morgan fingerprint density at radius 2 is 1.75 bits per heavy atom. The molecular formula is C36H43F3N4O5. The van der Waals surface area contributed by atoms with Gasteiger partial charge in [-0.05, 0) is 96.7 Å². The molecule has 3 aromatic rings. The number of halogens is 3. The highest BCUT2D eigenvalue weighted by molar-refractivity contribution is 5.78. The molecule has 48 heavy (non-hydrogen) atoms. The fourth-order valence-corrected chi connectivity index (χ4v) is 5.96. The van der Waals surface area contributed by atoms with Gasteiger partial charge in [0.05, 0.1) is 36.4 Å². The molecule has 0 radical (unpaired) electrons. The second-order valence-electron chi connectivity index (χ2n) is 14.3. The Hall–Kier alpha value is -4.35. The van der Waals surface area contributed by atoms with Gasteiger partial charge in [0.1, 0.15) is 17.5 Å². The van der Waals surface area contributed by atoms with Crippen molar-refractivity contribution in [2.24, 2.45) is 5.41 Å². The number of esters is 1. The van der Waals surface area contributed by atoms with E-state index in [0.29, 0.717) is 40.5 Å². The summed E-state index contributed by atoms with van der Waals surface area (Å²) in [6, 6.07) is 8.77. The van der Waals surface area contributed by atoms with E-state index in [0.717, 1.165) is 37.2 Å². The Balaban J connectivity index is 1.50. The smallest absolute Gasteiger partial charge is 0.416 e. The van der Waals surface area contributed by atoms with Crippen molar-refractivity contribution in [2.75, 3.05) is 25.1 Å². The summed E-state index contributed by atoms with van der Waals surface area (Å²) in [6.45, 7) is 14.1. The van der Waals surface area contributed by atoms with Crippen LogP contribution in [0.1, 0.15) is 82.0 Å². The van der Waals surface area contributed by atoms with Crippen molar-refractivity contribution in [2.45, 2.75) is 91.8 Å². The van der Waals surface area contributed by atoms with Gasteiger partial charge < -0.3 is 19.1 Å². The number of benzene rings is 2. The maximum atomic E-state index is 13.6. The molecule has 3 heterocycles. The first-order valence-electron chi connectivity index (χ1n) is 16.0. The third kappa shape index (κ3) is 7.52. The van der Waals surface area contributed by atoms with Crippen LogP contribution in [0, 0.1) is 12.3 Å². The molecule has 2 saturated heterocycles. The summed E-state index contributed by atoms with van der Waals surface area (Å²) in [4.78, 5) is 39.4. The van der Waals surface area contributed by atoms with Gasteiger partial charge in [-0.2, -0.15) is 13.2 Å². The van der Waals surface area contributed by atoms with Gasteiger partial charge in [-0.3, -0.25) is 9.69 Å². The average Bonchev–Trinajstić information content (AvgIpc) is 3.23. The minimum absolute atomic E-state index is 0.0178. The second kappa shape index (κ2) is 12.9. The maximum Gasteiger partial charge on any atom is 0.416 e. The highest BCUT2D eigenvalue weighted by Gasteiger charge is 2.42. The molecule has 5 rings (SSSR count). The number of nitrogens with zero attached hydrogens (tertiary/aromatic N) is 4. The number of anilines is 1. The Kier molecular flexibility index (Phi) is 9.42. The number of aryl methyl sites for hydroxylation is 1. The Labute approximate surface area is 279 Å². The third-order valence-electron chi connectivity index (χ3n) is 8.61. The second-order valence-corrected chi connectivity index (χ2v) is 14.3. The van der Waals surface area contributed by atoms with E-state index in [2.05, 4.69) is 4.98 Å². The predicted molar refractivity (Wildman–Crippen MR) is 175 cm³/mol. The highest BCUT2D eigenvalue weighted by atomic mass is 19.4. The van der Waals surface area contributed by atoms with Gasteiger partial charge in [-0.25, -0.2) is 14.8 Å². The molecule has 2 atom stereocenters. The molecule has 0 N–H and O–H groups in total. The Bertz CT molecular complexity index is 1700. The first-order valence-corrected chi connectivity index (χ1v) is 16.0. The number of hydrogen-bond acceptors (Lipinski definition) is 8. The fourth-order valence-electron chi connectivity index (χ4n) is 5.96. The molecule has 2 aliphatic rings. The van der Waals surface area contributed by atoms with Crippen molar-refractivity contribution in [3.63, 3.8) is 0 Å². The number of carbonyl (C=O) groups is 2. The van der Waals surface area contributed by atoms with E-state index in [4.69, 9.17) is 19.2 Å². The number of rotatable bonds is 9. The van der Waals surface area contributed by atoms with Crippen molar-refractivity contribution in [1.82, 2.24) is 14.9 Å². The molecule has 0 spiro atoms. The monoisotopic (exact) mass is 668 g/mol. The number of methoxy groups -OCH3 is 1. The van der Waals surface area contributed by atoms with E-state index < -0.39 is 41.0 Å². The van der Waals surface area contributed by atoms with Crippen molar-refractivity contribution < 1.29 is 37.0 Å². The number of cyclic esters (lactones) is 1. The van der Waals surface area contributed by atoms with E-state index in [-0.39, 0.29) is 18.1 Å². The van der Waals surface area contributed by atoms with Crippen LogP contribution < -0.4 is 9.64 Å². The van der Waals surface area contributed by atoms with Crippen LogP contribution in [-0.2, 0) is 33.4 Å². The highest BCUT2D eigenvalue weighted by Crippen LogP contribution is 2.40. The van der Waals surface area contributed by atoms with E-state index in [1.54, 1.807) is 33.2 Å². The van der Waals surface area contributed by atoms with E-state index in [1.165, 1.54) is 4.90 Å². The van der Waals surface area contributed by atoms with Crippen LogP contribution in [0.2, 0.25) is 0 Å². The van der Waals surface area contributed by atoms with Crippen LogP contribution in [0.3, 0.4) is 0 Å². The van der Waals surface area contributed by atoms with Crippen LogP contribution >= 0.6 is 0 Å². The average molecular weight is 669 g/mol. The van der Waals surface area contributed by atoms with Gasteiger partial charge in [0.15, 0.2) is 0 Å². The van der Waals surface area contributed by atoms with Gasteiger partial charge in [-0.1, -0.05) is 17.7 Å². The van der Waals surface area contributed by atoms with Crippen molar-refractivity contribution in [3.05, 3.63) is 70.5 Å². The van der Waals surface area contributed by atoms with Crippen LogP contribution in [0.25, 0.3) is 11.1 Å². The molecule has 1 amide bonds. The van der Waals surface area contributed by atoms with Crippen molar-refractivity contribution >= 4 is 18.0 Å². The topological polar surface area (TPSA) is 94.1 Å². The molecule has 2 aliphatic heterocycles. The summed E-state index contributed by atoms with van der Waals surface area (Å²) in [5.41, 5.74) is 1.11. The van der Waals surface area contributed by atoms with Gasteiger partial charge in [0.25, 0.3) is 0 Å². The minimum atomic E-state index is -4.54. The minimum Gasteiger partial charge on any atom is -0.496 e. The van der Waals surface area contributed by atoms with Crippen LogP contribution in [0.5, 0.6) is 5.75 Å². The molecule has 0 unspecified atom stereocenters. The summed E-state index contributed by atoms with van der Waals surface area (Å²) >= 11 is 0. The van der Waals surface area contributed by atoms with Gasteiger partial charge >= 0.3 is 18.2 Å². The van der Waals surface area contributed by atoms with Gasteiger partial charge in [0.2, 0.25) is 5.95 Å². The standard InChI is InChI=1S/C36H43F3N4O5/c1-21-14-24(17-25(15-21)36(37,38)39)30-22(2)43(33(45)47-30)20-28-27(19-40-32(41-28)42-12-9-13-42)26-16-23(10-11-29(26)46-8)18-35(6,7)31(44)48-34(3,4)5/h10-11,14-17,19,22,30H,9,12-13,18,20H2,1-8H3/t22-,30-/m0/s1. The lowest BCUT2D eigenvalue weighted by molar-refractivity contribution is -0.165. The molecule has 9 nitrogen and oxygen atoms in total. The van der Waals surface area contributed by atoms with Gasteiger partial charge in [-0.15, -0.1) is 0 Å². The number of ether oxygens (including phenoxy) is 3. The predicted octanol–water partition coefficient (Wildman–Crippen LogP) is 7.68. The first kappa shape index (κ1) is 35.0. The normalized spacial score (nSPS) is 18.4. The van der Waals surface area contributed by atoms with Crippen LogP contribution in [0.4, 0.5) is 23.9 Å². The van der Waals surface area contributed by atoms with Crippen molar-refractivity contribution in [1.29, 1.82) is 0 Å². The molecule has 12 heteroatoms. The van der Waals surface area contributed by atoms with Crippen LogP contribution in [0.15, 0.2) is 42.6 Å². The van der Waals surface area contributed by atoms with E-state index >= 15 is 0 Å². The first-order chi connectivity index (χ1) is 22.4. The quantitative estimate of drug-likeness (QED) is 0.215. The zero-order chi connectivity index (χ0) is 35.2. The number of hydrogen-bond donors (Lipinski definition) is 0. The molecule has 2 aromatic carbocycles. The number of carbonyl (C=O) groups excluding carboxylic acids is 2. The van der Waals surface area contributed by atoms with Gasteiger partial charge in [0, 0.05) is 30.4 Å². The summed E-state index contributed by atoms with van der Waals surface area (Å²) in [6.07, 6.45) is -3.00. The lowest BCUT2D eigenvalue weighted by Gasteiger charge is -2.31. The Morgan fingerprint density at radius 1 is 1.04 bits per heavy atom. The largest absolute Gasteiger partial charge is 0.496 e. The molecule has 0 saturated carbocycles. The van der Waals surface area contributed by atoms with Crippen molar-refractivity contribution in [3.8, 4) is 16.9 Å². The zero-order valence-corrected chi connectivity index (χ0v) is 28.7. The Morgan fingerprint density at radius 3 is 2.35 bits per heavy atom. The molecule has 2 fully saturated rings. The van der Waals surface area contributed by atoms with E-state index in [1.807, 2.05) is 57.7 Å². The summed E-state index contributed by atoms with van der Waals surface area (Å²) in [5, 5.41) is 0. The van der Waals surface area contributed by atoms with E-state index in [9.17, 15) is 22.8 Å². The molecule has 1 aromatic heterocycles. The zero-order valence-electron chi connectivity index (χ0n) is 28.7. The third-order valence-corrected chi connectivity index (χ3v) is 8.61. The summed E-state index contributed by atoms with van der Waals surface area (Å²) in [7, 11) is 1.56.